The molecule has 3 aliphatic heterocycles. The number of nitrogens with zero attached hydrogens (tertiary/aromatic N) is 3. The number of rotatable bonds is 5. The van der Waals surface area contributed by atoms with E-state index in [1.54, 1.807) is 0 Å². The van der Waals surface area contributed by atoms with E-state index in [9.17, 15) is 0 Å². The Labute approximate surface area is 292 Å². The highest BCUT2D eigenvalue weighted by molar-refractivity contribution is 6.09. The molecule has 4 unspecified atom stereocenters. The van der Waals surface area contributed by atoms with Crippen molar-refractivity contribution in [2.75, 3.05) is 18.0 Å². The lowest BCUT2D eigenvalue weighted by atomic mass is 9.90. The molecule has 3 aliphatic rings. The minimum atomic E-state index is 0.0991. The van der Waals surface area contributed by atoms with Crippen LogP contribution in [0, 0.1) is 0 Å². The van der Waals surface area contributed by atoms with E-state index < -0.39 is 0 Å². The first-order chi connectivity index (χ1) is 24.8. The average molecular weight is 650 g/mol. The zero-order chi connectivity index (χ0) is 33.0. The number of hydrogen-bond acceptors (Lipinski definition) is 4. The minimum Gasteiger partial charge on any atom is -0.363 e. The van der Waals surface area contributed by atoms with Gasteiger partial charge in [0.2, 0.25) is 0 Å². The Bertz CT molecular complexity index is 2310. The predicted molar refractivity (Wildman–Crippen MR) is 206 cm³/mol. The Balaban J connectivity index is 1.00. The van der Waals surface area contributed by atoms with Crippen LogP contribution < -0.4 is 15.5 Å². The molecule has 5 nitrogen and oxygen atoms in total. The highest BCUT2D eigenvalue weighted by Gasteiger charge is 2.41. The second kappa shape index (κ2) is 12.0. The Kier molecular flexibility index (Phi) is 7.05. The quantitative estimate of drug-likeness (QED) is 0.195. The van der Waals surface area contributed by atoms with Gasteiger partial charge in [0.05, 0.1) is 23.1 Å². The fourth-order valence-electron chi connectivity index (χ4n) is 8.80. The van der Waals surface area contributed by atoms with Gasteiger partial charge in [0.25, 0.3) is 0 Å². The van der Waals surface area contributed by atoms with Gasteiger partial charge in [-0.2, -0.15) is 0 Å². The summed E-state index contributed by atoms with van der Waals surface area (Å²) in [5.41, 5.74) is 11.5. The smallest absolute Gasteiger partial charge is 0.129 e. The van der Waals surface area contributed by atoms with E-state index in [1.165, 1.54) is 55.6 Å². The fraction of sp³-hybridized carbons (Fsp3) is 0.178. The molecule has 50 heavy (non-hydrogen) atoms. The van der Waals surface area contributed by atoms with E-state index in [2.05, 4.69) is 172 Å². The third-order valence-electron chi connectivity index (χ3n) is 11.1. The number of aromatic nitrogens is 1. The molecule has 0 spiro atoms. The number of amidine groups is 1. The number of para-hydroxylation sites is 2. The van der Waals surface area contributed by atoms with Crippen molar-refractivity contribution in [1.82, 2.24) is 15.2 Å². The van der Waals surface area contributed by atoms with E-state index in [-0.39, 0.29) is 12.1 Å². The average Bonchev–Trinajstić information content (AvgIpc) is 3.71. The van der Waals surface area contributed by atoms with Crippen molar-refractivity contribution in [2.24, 2.45) is 4.99 Å². The molecule has 7 aromatic rings. The van der Waals surface area contributed by atoms with Crippen LogP contribution in [0.25, 0.3) is 27.5 Å². The SMILES string of the molecule is c1ccc(C2=NC(c3ccccc3)CC(c3ccc(N4c5ccc(-n6c7ccccc7c7ccccc76)cc5C5CNCCC54)cc3)N2)cc1. The maximum atomic E-state index is 5.20. The molecule has 4 heterocycles. The zero-order valence-electron chi connectivity index (χ0n) is 27.9. The van der Waals surface area contributed by atoms with Gasteiger partial charge in [-0.15, -0.1) is 0 Å². The van der Waals surface area contributed by atoms with Gasteiger partial charge >= 0.3 is 0 Å². The maximum absolute atomic E-state index is 5.20. The molecule has 10 rings (SSSR count). The van der Waals surface area contributed by atoms with Crippen LogP contribution in [-0.2, 0) is 0 Å². The molecule has 6 aromatic carbocycles. The third kappa shape index (κ3) is 4.84. The van der Waals surface area contributed by atoms with Gasteiger partial charge in [-0.25, -0.2) is 0 Å². The van der Waals surface area contributed by atoms with Gasteiger partial charge in [0, 0.05) is 51.9 Å². The standard InChI is InChI=1S/C45H39N5/c1-3-11-30(12-4-1)39-28-40(48-45(47-39)32-13-5-2-6-14-32)31-19-21-33(22-20-31)49-43-24-23-34(27-37(43)38-29-46-26-25-44(38)49)50-41-17-9-7-15-35(41)36-16-8-10-18-42(36)50/h1-24,27,38-40,44,46H,25-26,28-29H2,(H,47,48). The monoisotopic (exact) mass is 649 g/mol. The fourth-order valence-corrected chi connectivity index (χ4v) is 8.80. The highest BCUT2D eigenvalue weighted by Crippen LogP contribution is 2.49. The van der Waals surface area contributed by atoms with Crippen molar-refractivity contribution < 1.29 is 0 Å². The first-order valence-corrected chi connectivity index (χ1v) is 18.0. The number of nitrogens with one attached hydrogen (secondary N) is 2. The molecule has 5 heteroatoms. The van der Waals surface area contributed by atoms with Crippen LogP contribution in [0.15, 0.2) is 157 Å². The molecule has 1 fully saturated rings. The van der Waals surface area contributed by atoms with Gasteiger partial charge < -0.3 is 20.1 Å². The molecule has 2 N–H and O–H groups in total. The van der Waals surface area contributed by atoms with E-state index >= 15 is 0 Å². The minimum absolute atomic E-state index is 0.0991. The van der Waals surface area contributed by atoms with Gasteiger partial charge in [-0.3, -0.25) is 4.99 Å². The molecule has 0 saturated carbocycles. The summed E-state index contributed by atoms with van der Waals surface area (Å²) in [5.74, 6) is 1.40. The van der Waals surface area contributed by atoms with Crippen molar-refractivity contribution in [1.29, 1.82) is 0 Å². The molecule has 0 radical (unpaired) electrons. The summed E-state index contributed by atoms with van der Waals surface area (Å²) < 4.78 is 2.44. The molecule has 4 atom stereocenters. The van der Waals surface area contributed by atoms with Gasteiger partial charge in [-0.05, 0) is 78.5 Å². The third-order valence-corrected chi connectivity index (χ3v) is 11.1. The van der Waals surface area contributed by atoms with Crippen LogP contribution in [0.3, 0.4) is 0 Å². The van der Waals surface area contributed by atoms with Crippen molar-refractivity contribution in [3.8, 4) is 5.69 Å². The Morgan fingerprint density at radius 1 is 0.620 bits per heavy atom. The second-order valence-corrected chi connectivity index (χ2v) is 13.9. The number of piperidine rings is 1. The van der Waals surface area contributed by atoms with Crippen LogP contribution in [0.5, 0.6) is 0 Å². The Morgan fingerprint density at radius 2 is 1.28 bits per heavy atom. The van der Waals surface area contributed by atoms with Gasteiger partial charge in [0.1, 0.15) is 5.84 Å². The first-order valence-electron chi connectivity index (χ1n) is 18.0. The van der Waals surface area contributed by atoms with Crippen molar-refractivity contribution in [2.45, 2.75) is 36.9 Å². The Morgan fingerprint density at radius 3 is 2.02 bits per heavy atom. The molecule has 1 saturated heterocycles. The normalized spacial score (nSPS) is 21.4. The number of fused-ring (bicyclic) bond motifs is 6. The van der Waals surface area contributed by atoms with Crippen molar-refractivity contribution in [3.05, 3.63) is 174 Å². The molecule has 0 bridgehead atoms. The van der Waals surface area contributed by atoms with Crippen LogP contribution in [0.4, 0.5) is 11.4 Å². The molecule has 0 amide bonds. The van der Waals surface area contributed by atoms with E-state index in [0.29, 0.717) is 12.0 Å². The lowest BCUT2D eigenvalue weighted by Gasteiger charge is -2.34. The Hall–Kier alpha value is -5.65. The lowest BCUT2D eigenvalue weighted by Crippen LogP contribution is -2.42. The summed E-state index contributed by atoms with van der Waals surface area (Å²) in [6.07, 6.45) is 2.03. The molecular weight excluding hydrogens is 611 g/mol. The highest BCUT2D eigenvalue weighted by atomic mass is 15.2. The van der Waals surface area contributed by atoms with E-state index in [4.69, 9.17) is 4.99 Å². The first kappa shape index (κ1) is 29.3. The van der Waals surface area contributed by atoms with E-state index in [0.717, 1.165) is 37.3 Å². The van der Waals surface area contributed by atoms with Crippen molar-refractivity contribution >= 4 is 39.0 Å². The number of anilines is 2. The second-order valence-electron chi connectivity index (χ2n) is 13.9. The summed E-state index contributed by atoms with van der Waals surface area (Å²) in [6.45, 7) is 2.04. The van der Waals surface area contributed by atoms with Crippen molar-refractivity contribution in [3.63, 3.8) is 0 Å². The molecule has 0 aliphatic carbocycles. The van der Waals surface area contributed by atoms with E-state index in [1.807, 2.05) is 0 Å². The molecule has 1 aromatic heterocycles. The van der Waals surface area contributed by atoms with Crippen LogP contribution in [0.1, 0.15) is 53.1 Å². The number of hydrogen-bond donors (Lipinski definition) is 2. The van der Waals surface area contributed by atoms with Crippen LogP contribution in [0.2, 0.25) is 0 Å². The zero-order valence-corrected chi connectivity index (χ0v) is 27.9. The summed E-state index contributed by atoms with van der Waals surface area (Å²) >= 11 is 0. The number of benzene rings is 6. The van der Waals surface area contributed by atoms with Gasteiger partial charge in [0.15, 0.2) is 0 Å². The summed E-state index contributed by atoms with van der Waals surface area (Å²) in [6, 6.07) is 56.0. The summed E-state index contributed by atoms with van der Waals surface area (Å²) in [5, 5.41) is 10.1. The topological polar surface area (TPSA) is 44.6 Å². The lowest BCUT2D eigenvalue weighted by molar-refractivity contribution is 0.419. The van der Waals surface area contributed by atoms with Crippen LogP contribution >= 0.6 is 0 Å². The largest absolute Gasteiger partial charge is 0.363 e. The maximum Gasteiger partial charge on any atom is 0.129 e. The molecule has 244 valence electrons. The summed E-state index contributed by atoms with van der Waals surface area (Å²) in [4.78, 5) is 7.82. The van der Waals surface area contributed by atoms with Gasteiger partial charge in [-0.1, -0.05) is 109 Å². The number of aliphatic imine (C=N–C) groups is 1. The van der Waals surface area contributed by atoms with Crippen LogP contribution in [-0.4, -0.2) is 29.5 Å². The predicted octanol–water partition coefficient (Wildman–Crippen LogP) is 9.60. The molecular formula is C45H39N5. The summed E-state index contributed by atoms with van der Waals surface area (Å²) in [7, 11) is 0.